The molecule has 1 N–H and O–H groups in total. The summed E-state index contributed by atoms with van der Waals surface area (Å²) < 4.78 is 0. The number of nitrogens with zero attached hydrogens (tertiary/aromatic N) is 1. The third kappa shape index (κ3) is 6.10. The molecule has 0 saturated heterocycles. The lowest BCUT2D eigenvalue weighted by molar-refractivity contribution is -0.119. The fourth-order valence-corrected chi connectivity index (χ4v) is 2.26. The van der Waals surface area contributed by atoms with E-state index in [0.29, 0.717) is 36.1 Å². The molecule has 0 fully saturated rings. The SMILES string of the molecule is C=CCN(CC=C)C(=S)NC(=O)CCc1ccccc1Cl. The van der Waals surface area contributed by atoms with Gasteiger partial charge in [0, 0.05) is 24.5 Å². The molecule has 0 atom stereocenters. The van der Waals surface area contributed by atoms with Crippen LogP contribution in [0.2, 0.25) is 5.02 Å². The van der Waals surface area contributed by atoms with E-state index in [9.17, 15) is 4.79 Å². The van der Waals surface area contributed by atoms with Gasteiger partial charge in [0.15, 0.2) is 5.11 Å². The predicted octanol–water partition coefficient (Wildman–Crippen LogP) is 3.35. The molecule has 0 radical (unpaired) electrons. The molecule has 1 amide bonds. The summed E-state index contributed by atoms with van der Waals surface area (Å²) in [5.41, 5.74) is 0.953. The lowest BCUT2D eigenvalue weighted by Gasteiger charge is -2.22. The summed E-state index contributed by atoms with van der Waals surface area (Å²) in [4.78, 5) is 13.7. The number of thiocarbonyl (C=S) groups is 1. The summed E-state index contributed by atoms with van der Waals surface area (Å²) in [5, 5.41) is 3.78. The van der Waals surface area contributed by atoms with Crippen LogP contribution in [0, 0.1) is 0 Å². The summed E-state index contributed by atoms with van der Waals surface area (Å²) >= 11 is 11.3. The fraction of sp³-hybridized carbons (Fsp3) is 0.250. The molecule has 0 spiro atoms. The minimum absolute atomic E-state index is 0.127. The van der Waals surface area contributed by atoms with Crippen molar-refractivity contribution in [2.45, 2.75) is 12.8 Å². The normalized spacial score (nSPS) is 9.76. The molecule has 0 saturated carbocycles. The highest BCUT2D eigenvalue weighted by Gasteiger charge is 2.11. The molecule has 0 aliphatic heterocycles. The highest BCUT2D eigenvalue weighted by Crippen LogP contribution is 2.16. The van der Waals surface area contributed by atoms with Crippen molar-refractivity contribution in [2.75, 3.05) is 13.1 Å². The number of rotatable bonds is 7. The molecule has 0 aliphatic carbocycles. The van der Waals surface area contributed by atoms with E-state index in [1.54, 1.807) is 12.2 Å². The van der Waals surface area contributed by atoms with Crippen molar-refractivity contribution in [3.8, 4) is 0 Å². The zero-order valence-electron chi connectivity index (χ0n) is 11.8. The Morgan fingerprint density at radius 2 is 1.90 bits per heavy atom. The Hall–Kier alpha value is -1.65. The number of benzene rings is 1. The maximum absolute atomic E-state index is 11.9. The second kappa shape index (κ2) is 9.32. The van der Waals surface area contributed by atoms with Crippen LogP contribution in [0.1, 0.15) is 12.0 Å². The van der Waals surface area contributed by atoms with Gasteiger partial charge in [0.2, 0.25) is 5.91 Å². The first-order valence-electron chi connectivity index (χ1n) is 6.62. The van der Waals surface area contributed by atoms with Crippen molar-refractivity contribution in [1.82, 2.24) is 10.2 Å². The van der Waals surface area contributed by atoms with Crippen molar-refractivity contribution in [3.63, 3.8) is 0 Å². The van der Waals surface area contributed by atoms with Gasteiger partial charge in [-0.3, -0.25) is 4.79 Å². The van der Waals surface area contributed by atoms with Crippen LogP contribution in [0.15, 0.2) is 49.6 Å². The Morgan fingerprint density at radius 3 is 2.48 bits per heavy atom. The summed E-state index contributed by atoms with van der Waals surface area (Å²) in [6.45, 7) is 8.46. The minimum Gasteiger partial charge on any atom is -0.342 e. The first-order chi connectivity index (χ1) is 10.1. The topological polar surface area (TPSA) is 32.3 Å². The highest BCUT2D eigenvalue weighted by molar-refractivity contribution is 7.80. The smallest absolute Gasteiger partial charge is 0.226 e. The Bertz CT molecular complexity index is 521. The lowest BCUT2D eigenvalue weighted by atomic mass is 10.1. The maximum atomic E-state index is 11.9. The maximum Gasteiger partial charge on any atom is 0.226 e. The molecule has 1 rings (SSSR count). The molecule has 3 nitrogen and oxygen atoms in total. The Balaban J connectivity index is 2.49. The van der Waals surface area contributed by atoms with Crippen molar-refractivity contribution in [2.24, 2.45) is 0 Å². The van der Waals surface area contributed by atoms with Gasteiger partial charge < -0.3 is 10.2 Å². The number of nitrogens with one attached hydrogen (secondary N) is 1. The number of aryl methyl sites for hydroxylation is 1. The Labute approximate surface area is 136 Å². The molecule has 112 valence electrons. The third-order valence-corrected chi connectivity index (χ3v) is 3.54. The molecule has 0 aliphatic rings. The van der Waals surface area contributed by atoms with Crippen LogP contribution < -0.4 is 5.32 Å². The van der Waals surface area contributed by atoms with E-state index in [-0.39, 0.29) is 5.91 Å². The van der Waals surface area contributed by atoms with Crippen molar-refractivity contribution >= 4 is 34.8 Å². The van der Waals surface area contributed by atoms with Gasteiger partial charge in [-0.05, 0) is 30.3 Å². The van der Waals surface area contributed by atoms with Gasteiger partial charge in [-0.2, -0.15) is 0 Å². The molecule has 0 aromatic heterocycles. The van der Waals surface area contributed by atoms with Gasteiger partial charge in [-0.15, -0.1) is 13.2 Å². The van der Waals surface area contributed by atoms with Crippen LogP contribution in [0.3, 0.4) is 0 Å². The minimum atomic E-state index is -0.127. The van der Waals surface area contributed by atoms with Gasteiger partial charge >= 0.3 is 0 Å². The molecule has 5 heteroatoms. The van der Waals surface area contributed by atoms with E-state index < -0.39 is 0 Å². The van der Waals surface area contributed by atoms with E-state index in [1.165, 1.54) is 0 Å². The van der Waals surface area contributed by atoms with E-state index in [4.69, 9.17) is 23.8 Å². The van der Waals surface area contributed by atoms with Gasteiger partial charge in [0.25, 0.3) is 0 Å². The van der Waals surface area contributed by atoms with E-state index in [1.807, 2.05) is 29.2 Å². The Morgan fingerprint density at radius 1 is 1.29 bits per heavy atom. The van der Waals surface area contributed by atoms with Gasteiger partial charge in [0.1, 0.15) is 0 Å². The first kappa shape index (κ1) is 17.4. The van der Waals surface area contributed by atoms with Crippen LogP contribution in [-0.2, 0) is 11.2 Å². The van der Waals surface area contributed by atoms with Gasteiger partial charge in [-0.1, -0.05) is 42.0 Å². The predicted molar refractivity (Wildman–Crippen MR) is 92.5 cm³/mol. The quantitative estimate of drug-likeness (QED) is 0.617. The molecule has 1 aromatic rings. The molecule has 1 aromatic carbocycles. The summed E-state index contributed by atoms with van der Waals surface area (Å²) in [5.74, 6) is -0.127. The number of hydrogen-bond acceptors (Lipinski definition) is 2. The largest absolute Gasteiger partial charge is 0.342 e. The number of hydrogen-bond donors (Lipinski definition) is 1. The molecular weight excluding hydrogens is 304 g/mol. The zero-order chi connectivity index (χ0) is 15.7. The van der Waals surface area contributed by atoms with Gasteiger partial charge in [0.05, 0.1) is 0 Å². The second-order valence-electron chi connectivity index (χ2n) is 4.43. The third-order valence-electron chi connectivity index (χ3n) is 2.81. The van der Waals surface area contributed by atoms with Crippen LogP contribution in [-0.4, -0.2) is 29.0 Å². The summed E-state index contributed by atoms with van der Waals surface area (Å²) in [7, 11) is 0. The van der Waals surface area contributed by atoms with Crippen LogP contribution in [0.25, 0.3) is 0 Å². The highest BCUT2D eigenvalue weighted by atomic mass is 35.5. The van der Waals surface area contributed by atoms with Crippen LogP contribution >= 0.6 is 23.8 Å². The monoisotopic (exact) mass is 322 g/mol. The summed E-state index contributed by atoms with van der Waals surface area (Å²) in [6.07, 6.45) is 4.37. The van der Waals surface area contributed by atoms with E-state index in [0.717, 1.165) is 5.56 Å². The lowest BCUT2D eigenvalue weighted by Crippen LogP contribution is -2.42. The molecular formula is C16H19ClN2OS. The average molecular weight is 323 g/mol. The second-order valence-corrected chi connectivity index (χ2v) is 5.22. The zero-order valence-corrected chi connectivity index (χ0v) is 13.4. The van der Waals surface area contributed by atoms with Crippen molar-refractivity contribution in [3.05, 3.63) is 60.2 Å². The number of carbonyl (C=O) groups is 1. The number of amides is 1. The van der Waals surface area contributed by atoms with Crippen LogP contribution in [0.5, 0.6) is 0 Å². The summed E-state index contributed by atoms with van der Waals surface area (Å²) in [6, 6.07) is 7.49. The van der Waals surface area contributed by atoms with Gasteiger partial charge in [-0.25, -0.2) is 0 Å². The molecule has 0 heterocycles. The molecule has 21 heavy (non-hydrogen) atoms. The molecule has 0 bridgehead atoms. The molecule has 0 unspecified atom stereocenters. The number of carbonyl (C=O) groups excluding carboxylic acids is 1. The van der Waals surface area contributed by atoms with E-state index in [2.05, 4.69) is 18.5 Å². The van der Waals surface area contributed by atoms with Crippen molar-refractivity contribution < 1.29 is 4.79 Å². The number of halogens is 1. The first-order valence-corrected chi connectivity index (χ1v) is 7.41. The standard InChI is InChI=1S/C16H19ClN2OS/c1-3-11-19(12-4-2)16(21)18-15(20)10-9-13-7-5-6-8-14(13)17/h3-8H,1-2,9-12H2,(H,18,20,21). The van der Waals surface area contributed by atoms with Crippen molar-refractivity contribution in [1.29, 1.82) is 0 Å². The van der Waals surface area contributed by atoms with Crippen LogP contribution in [0.4, 0.5) is 0 Å². The Kier molecular flexibility index (Phi) is 7.72. The average Bonchev–Trinajstić information content (AvgIpc) is 2.46. The fourth-order valence-electron chi connectivity index (χ4n) is 1.76. The van der Waals surface area contributed by atoms with E-state index >= 15 is 0 Å².